The Bertz CT molecular complexity index is 841. The number of anilines is 2. The summed E-state index contributed by atoms with van der Waals surface area (Å²) < 4.78 is 0.902. The molecule has 5 nitrogen and oxygen atoms in total. The van der Waals surface area contributed by atoms with Gasteiger partial charge < -0.3 is 16.0 Å². The van der Waals surface area contributed by atoms with E-state index in [2.05, 4.69) is 31.2 Å². The minimum absolute atomic E-state index is 0.250. The smallest absolute Gasteiger partial charge is 0.273 e. The number of benzene rings is 1. The van der Waals surface area contributed by atoms with Gasteiger partial charge in [0, 0.05) is 9.86 Å². The van der Waals surface area contributed by atoms with Gasteiger partial charge in [-0.2, -0.15) is 0 Å². The van der Waals surface area contributed by atoms with Crippen molar-refractivity contribution in [3.05, 3.63) is 52.3 Å². The maximum absolute atomic E-state index is 12.3. The molecule has 3 rings (SSSR count). The summed E-state index contributed by atoms with van der Waals surface area (Å²) in [7, 11) is 0. The number of halogens is 1. The largest absolute Gasteiger partial charge is 0.397 e. The number of carbonyl (C=O) groups is 1. The first-order valence-electron chi connectivity index (χ1n) is 6.36. The maximum Gasteiger partial charge on any atom is 0.273 e. The number of hydrogen-bond donors (Lipinski definition) is 3. The molecule has 106 valence electrons. The molecule has 2 aromatic heterocycles. The fourth-order valence-electron chi connectivity index (χ4n) is 2.10. The number of nitrogen functional groups attached to an aromatic ring is 1. The van der Waals surface area contributed by atoms with Crippen molar-refractivity contribution in [2.45, 2.75) is 6.92 Å². The number of rotatable bonds is 2. The lowest BCUT2D eigenvalue weighted by atomic mass is 10.2. The number of aromatic nitrogens is 2. The molecule has 0 aliphatic carbocycles. The molecule has 6 heteroatoms. The number of aromatic amines is 1. The number of hydrogen-bond acceptors (Lipinski definition) is 3. The number of pyridine rings is 1. The van der Waals surface area contributed by atoms with Gasteiger partial charge in [0.1, 0.15) is 11.5 Å². The Morgan fingerprint density at radius 3 is 2.86 bits per heavy atom. The molecule has 0 fully saturated rings. The minimum atomic E-state index is -0.250. The van der Waals surface area contributed by atoms with Gasteiger partial charge in [-0.1, -0.05) is 12.1 Å². The molecule has 0 saturated heterocycles. The molecule has 1 aromatic carbocycles. The summed E-state index contributed by atoms with van der Waals surface area (Å²) in [6.45, 7) is 1.86. The van der Waals surface area contributed by atoms with E-state index in [9.17, 15) is 4.79 Å². The molecule has 0 unspecified atom stereocenters. The third-order valence-corrected chi connectivity index (χ3v) is 4.03. The normalized spacial score (nSPS) is 10.8. The molecule has 0 saturated carbocycles. The summed E-state index contributed by atoms with van der Waals surface area (Å²) in [6.07, 6.45) is 0. The Labute approximate surface area is 129 Å². The van der Waals surface area contributed by atoms with Crippen molar-refractivity contribution >= 4 is 44.2 Å². The summed E-state index contributed by atoms with van der Waals surface area (Å²) >= 11 is 3.38. The molecule has 0 atom stereocenters. The Kier molecular flexibility index (Phi) is 3.39. The second-order valence-electron chi connectivity index (χ2n) is 4.71. The summed E-state index contributed by atoms with van der Waals surface area (Å²) in [6, 6.07) is 10.9. The highest BCUT2D eigenvalue weighted by Crippen LogP contribution is 2.22. The van der Waals surface area contributed by atoms with E-state index in [0.29, 0.717) is 17.2 Å². The Morgan fingerprint density at radius 1 is 1.33 bits per heavy atom. The average molecular weight is 345 g/mol. The minimum Gasteiger partial charge on any atom is -0.397 e. The third kappa shape index (κ3) is 2.62. The molecule has 0 spiro atoms. The van der Waals surface area contributed by atoms with E-state index < -0.39 is 0 Å². The van der Waals surface area contributed by atoms with E-state index in [-0.39, 0.29) is 5.91 Å². The molecular formula is C15H13BrN4O. The zero-order valence-corrected chi connectivity index (χ0v) is 12.9. The van der Waals surface area contributed by atoms with Gasteiger partial charge in [0.25, 0.3) is 5.91 Å². The van der Waals surface area contributed by atoms with Crippen LogP contribution in [0, 0.1) is 6.92 Å². The molecule has 4 N–H and O–H groups in total. The molecule has 0 aliphatic heterocycles. The van der Waals surface area contributed by atoms with E-state index in [1.807, 2.05) is 25.1 Å². The third-order valence-electron chi connectivity index (χ3n) is 3.20. The Hall–Kier alpha value is -2.34. The number of para-hydroxylation sites is 1. The number of fused-ring (bicyclic) bond motifs is 1. The van der Waals surface area contributed by atoms with Gasteiger partial charge in [-0.25, -0.2) is 4.98 Å². The summed E-state index contributed by atoms with van der Waals surface area (Å²) in [5.74, 6) is 0.257. The predicted octanol–water partition coefficient (Wildman–Crippen LogP) is 3.47. The molecule has 0 aliphatic rings. The maximum atomic E-state index is 12.3. The number of H-pyrrole nitrogens is 1. The van der Waals surface area contributed by atoms with E-state index in [1.165, 1.54) is 0 Å². The summed E-state index contributed by atoms with van der Waals surface area (Å²) in [5.41, 5.74) is 8.52. The monoisotopic (exact) mass is 344 g/mol. The molecule has 2 heterocycles. The van der Waals surface area contributed by atoms with Crippen molar-refractivity contribution in [2.24, 2.45) is 0 Å². The number of nitrogens with two attached hydrogens (primary N) is 1. The predicted molar refractivity (Wildman–Crippen MR) is 87.3 cm³/mol. The average Bonchev–Trinajstić information content (AvgIpc) is 2.89. The van der Waals surface area contributed by atoms with E-state index >= 15 is 0 Å². The molecule has 1 amide bonds. The van der Waals surface area contributed by atoms with Crippen LogP contribution in [0.1, 0.15) is 16.2 Å². The first kappa shape index (κ1) is 13.6. The van der Waals surface area contributed by atoms with Crippen LogP contribution in [0.3, 0.4) is 0 Å². The molecule has 21 heavy (non-hydrogen) atoms. The fourth-order valence-corrected chi connectivity index (χ4v) is 2.32. The van der Waals surface area contributed by atoms with Crippen molar-refractivity contribution in [1.29, 1.82) is 0 Å². The standard InChI is InChI=1S/C15H13BrN4O/c1-8-10(16)5-6-13(18-8)20-15(21)12-7-9-3-2-4-11(17)14(9)19-12/h2-7,19H,17H2,1H3,(H,18,20,21). The molecular weight excluding hydrogens is 332 g/mol. The highest BCUT2D eigenvalue weighted by atomic mass is 79.9. The van der Waals surface area contributed by atoms with Crippen LogP contribution >= 0.6 is 15.9 Å². The van der Waals surface area contributed by atoms with Gasteiger partial charge >= 0.3 is 0 Å². The van der Waals surface area contributed by atoms with Gasteiger partial charge in [0.15, 0.2) is 0 Å². The van der Waals surface area contributed by atoms with Gasteiger partial charge in [0.2, 0.25) is 0 Å². The second kappa shape index (κ2) is 5.21. The molecule has 3 aromatic rings. The Balaban J connectivity index is 1.90. The fraction of sp³-hybridized carbons (Fsp3) is 0.0667. The van der Waals surface area contributed by atoms with E-state index in [0.717, 1.165) is 21.1 Å². The molecule has 0 bridgehead atoms. The quantitative estimate of drug-likeness (QED) is 0.622. The Morgan fingerprint density at radius 2 is 2.14 bits per heavy atom. The van der Waals surface area contributed by atoms with Crippen LogP contribution in [0.5, 0.6) is 0 Å². The van der Waals surface area contributed by atoms with Crippen LogP contribution in [0.4, 0.5) is 11.5 Å². The van der Waals surface area contributed by atoms with Crippen LogP contribution in [0.15, 0.2) is 40.9 Å². The van der Waals surface area contributed by atoms with Crippen LogP contribution in [0.25, 0.3) is 10.9 Å². The van der Waals surface area contributed by atoms with Crippen LogP contribution in [0.2, 0.25) is 0 Å². The van der Waals surface area contributed by atoms with E-state index in [4.69, 9.17) is 5.73 Å². The number of nitrogens with one attached hydrogen (secondary N) is 2. The lowest BCUT2D eigenvalue weighted by molar-refractivity contribution is 0.102. The summed E-state index contributed by atoms with van der Waals surface area (Å²) in [4.78, 5) is 19.6. The zero-order valence-electron chi connectivity index (χ0n) is 11.3. The first-order valence-corrected chi connectivity index (χ1v) is 7.15. The highest BCUT2D eigenvalue weighted by molar-refractivity contribution is 9.10. The second-order valence-corrected chi connectivity index (χ2v) is 5.57. The molecule has 0 radical (unpaired) electrons. The number of carbonyl (C=O) groups excluding carboxylic acids is 1. The van der Waals surface area contributed by atoms with Crippen molar-refractivity contribution in [3.8, 4) is 0 Å². The number of nitrogens with zero attached hydrogens (tertiary/aromatic N) is 1. The topological polar surface area (TPSA) is 83.8 Å². The van der Waals surface area contributed by atoms with E-state index in [1.54, 1.807) is 18.2 Å². The van der Waals surface area contributed by atoms with Crippen LogP contribution in [-0.2, 0) is 0 Å². The number of amides is 1. The lowest BCUT2D eigenvalue weighted by Crippen LogP contribution is -2.13. The van der Waals surface area contributed by atoms with Gasteiger partial charge in [-0.15, -0.1) is 0 Å². The van der Waals surface area contributed by atoms with Crippen LogP contribution in [-0.4, -0.2) is 15.9 Å². The summed E-state index contributed by atoms with van der Waals surface area (Å²) in [5, 5.41) is 3.67. The van der Waals surface area contributed by atoms with Gasteiger partial charge in [-0.3, -0.25) is 4.79 Å². The first-order chi connectivity index (χ1) is 10.0. The van der Waals surface area contributed by atoms with Crippen molar-refractivity contribution in [1.82, 2.24) is 9.97 Å². The lowest BCUT2D eigenvalue weighted by Gasteiger charge is -2.04. The van der Waals surface area contributed by atoms with Gasteiger partial charge in [-0.05, 0) is 47.1 Å². The van der Waals surface area contributed by atoms with Gasteiger partial charge in [0.05, 0.1) is 16.9 Å². The highest BCUT2D eigenvalue weighted by Gasteiger charge is 2.12. The van der Waals surface area contributed by atoms with Crippen molar-refractivity contribution < 1.29 is 4.79 Å². The SMILES string of the molecule is Cc1nc(NC(=O)c2cc3cccc(N)c3[nH]2)ccc1Br. The zero-order chi connectivity index (χ0) is 15.0. The van der Waals surface area contributed by atoms with Crippen LogP contribution < -0.4 is 11.1 Å². The number of aryl methyl sites for hydroxylation is 1. The van der Waals surface area contributed by atoms with Crippen molar-refractivity contribution in [2.75, 3.05) is 11.1 Å². The van der Waals surface area contributed by atoms with Crippen molar-refractivity contribution in [3.63, 3.8) is 0 Å².